The van der Waals surface area contributed by atoms with E-state index >= 15 is 0 Å². The Labute approximate surface area is 121 Å². The Kier molecular flexibility index (Phi) is 5.40. The van der Waals surface area contributed by atoms with Gasteiger partial charge >= 0.3 is 0 Å². The summed E-state index contributed by atoms with van der Waals surface area (Å²) in [5.74, 6) is 0.164. The third-order valence-electron chi connectivity index (χ3n) is 4.84. The van der Waals surface area contributed by atoms with Gasteiger partial charge in [0.15, 0.2) is 0 Å². The van der Waals surface area contributed by atoms with Crippen molar-refractivity contribution >= 4 is 11.8 Å². The monoisotopic (exact) mass is 281 g/mol. The molecule has 20 heavy (non-hydrogen) atoms. The second kappa shape index (κ2) is 7.07. The predicted octanol–water partition coefficient (Wildman–Crippen LogP) is 1.01. The molecule has 0 aromatic carbocycles. The van der Waals surface area contributed by atoms with Gasteiger partial charge in [-0.05, 0) is 44.6 Å². The standard InChI is InChI=1S/C15H27N3O2/c16-10-11-5-4-8-18(13(9-11)14(17)19)15(20)12-6-2-1-3-7-12/h11-13H,1-10,16H2,(H2,17,19)/t11-,13-/m1/s1. The van der Waals surface area contributed by atoms with E-state index in [0.29, 0.717) is 25.4 Å². The number of hydrogen-bond acceptors (Lipinski definition) is 3. The summed E-state index contributed by atoms with van der Waals surface area (Å²) in [5.41, 5.74) is 11.3. The average molecular weight is 281 g/mol. The zero-order chi connectivity index (χ0) is 14.5. The van der Waals surface area contributed by atoms with Gasteiger partial charge in [-0.3, -0.25) is 9.59 Å². The first kappa shape index (κ1) is 15.3. The number of primary amides is 1. The number of carbonyl (C=O) groups excluding carboxylic acids is 2. The fraction of sp³-hybridized carbons (Fsp3) is 0.867. The van der Waals surface area contributed by atoms with Crippen LogP contribution in [0.15, 0.2) is 0 Å². The molecule has 4 N–H and O–H groups in total. The van der Waals surface area contributed by atoms with Crippen LogP contribution in [0.5, 0.6) is 0 Å². The van der Waals surface area contributed by atoms with E-state index in [-0.39, 0.29) is 17.7 Å². The molecule has 2 aliphatic rings. The highest BCUT2D eigenvalue weighted by Gasteiger charge is 2.35. The molecule has 0 unspecified atom stereocenters. The molecule has 1 aliphatic carbocycles. The van der Waals surface area contributed by atoms with Crippen LogP contribution in [-0.4, -0.2) is 35.8 Å². The maximum atomic E-state index is 12.7. The lowest BCUT2D eigenvalue weighted by Gasteiger charge is -2.33. The lowest BCUT2D eigenvalue weighted by Crippen LogP contribution is -2.50. The molecule has 5 heteroatoms. The Morgan fingerprint density at radius 2 is 1.75 bits per heavy atom. The van der Waals surface area contributed by atoms with Gasteiger partial charge in [0, 0.05) is 12.5 Å². The first-order chi connectivity index (χ1) is 9.63. The first-order valence-electron chi connectivity index (χ1n) is 7.93. The third kappa shape index (κ3) is 3.51. The van der Waals surface area contributed by atoms with Gasteiger partial charge in [-0.15, -0.1) is 0 Å². The van der Waals surface area contributed by atoms with E-state index in [1.54, 1.807) is 4.90 Å². The lowest BCUT2D eigenvalue weighted by atomic mass is 9.87. The van der Waals surface area contributed by atoms with E-state index in [1.165, 1.54) is 6.42 Å². The molecular weight excluding hydrogens is 254 g/mol. The molecule has 2 fully saturated rings. The van der Waals surface area contributed by atoms with Gasteiger partial charge in [-0.2, -0.15) is 0 Å². The van der Waals surface area contributed by atoms with E-state index in [4.69, 9.17) is 11.5 Å². The van der Waals surface area contributed by atoms with Gasteiger partial charge in [0.25, 0.3) is 0 Å². The van der Waals surface area contributed by atoms with E-state index in [0.717, 1.165) is 38.5 Å². The summed E-state index contributed by atoms with van der Waals surface area (Å²) < 4.78 is 0. The number of hydrogen-bond donors (Lipinski definition) is 2. The van der Waals surface area contributed by atoms with Crippen LogP contribution in [0.3, 0.4) is 0 Å². The molecule has 0 aromatic heterocycles. The van der Waals surface area contributed by atoms with Crippen molar-refractivity contribution in [1.29, 1.82) is 0 Å². The molecular formula is C15H27N3O2. The van der Waals surface area contributed by atoms with E-state index in [9.17, 15) is 9.59 Å². The number of nitrogens with zero attached hydrogens (tertiary/aromatic N) is 1. The van der Waals surface area contributed by atoms with Gasteiger partial charge in [0.2, 0.25) is 11.8 Å². The highest BCUT2D eigenvalue weighted by Crippen LogP contribution is 2.29. The van der Waals surface area contributed by atoms with Gasteiger partial charge in [-0.1, -0.05) is 19.3 Å². The van der Waals surface area contributed by atoms with Crippen molar-refractivity contribution in [3.63, 3.8) is 0 Å². The number of likely N-dealkylation sites (tertiary alicyclic amines) is 1. The SMILES string of the molecule is NC[C@@H]1CCCN(C(=O)C2CCCCC2)[C@@H](C(N)=O)C1. The summed E-state index contributed by atoms with van der Waals surface area (Å²) in [7, 11) is 0. The van der Waals surface area contributed by atoms with Crippen molar-refractivity contribution in [3.8, 4) is 0 Å². The van der Waals surface area contributed by atoms with Crippen LogP contribution in [0.25, 0.3) is 0 Å². The molecule has 2 atom stereocenters. The van der Waals surface area contributed by atoms with E-state index in [1.807, 2.05) is 0 Å². The summed E-state index contributed by atoms with van der Waals surface area (Å²) in [6, 6.07) is -0.458. The van der Waals surface area contributed by atoms with Crippen LogP contribution in [0, 0.1) is 11.8 Å². The molecule has 0 radical (unpaired) electrons. The van der Waals surface area contributed by atoms with Crippen LogP contribution in [-0.2, 0) is 9.59 Å². The van der Waals surface area contributed by atoms with Crippen LogP contribution < -0.4 is 11.5 Å². The smallest absolute Gasteiger partial charge is 0.240 e. The molecule has 1 heterocycles. The maximum Gasteiger partial charge on any atom is 0.240 e. The molecule has 0 bridgehead atoms. The van der Waals surface area contributed by atoms with E-state index in [2.05, 4.69) is 0 Å². The molecule has 2 rings (SSSR count). The molecule has 1 saturated heterocycles. The molecule has 0 aromatic rings. The molecule has 114 valence electrons. The van der Waals surface area contributed by atoms with Crippen molar-refractivity contribution < 1.29 is 9.59 Å². The largest absolute Gasteiger partial charge is 0.368 e. The fourth-order valence-electron chi connectivity index (χ4n) is 3.60. The second-order valence-corrected chi connectivity index (χ2v) is 6.26. The molecule has 5 nitrogen and oxygen atoms in total. The van der Waals surface area contributed by atoms with Crippen LogP contribution in [0.4, 0.5) is 0 Å². The lowest BCUT2D eigenvalue weighted by molar-refractivity contribution is -0.143. The summed E-state index contributed by atoms with van der Waals surface area (Å²) in [4.78, 5) is 26.2. The second-order valence-electron chi connectivity index (χ2n) is 6.26. The minimum absolute atomic E-state index is 0.0972. The number of nitrogens with two attached hydrogens (primary N) is 2. The Morgan fingerprint density at radius 3 is 2.35 bits per heavy atom. The summed E-state index contributed by atoms with van der Waals surface area (Å²) in [5, 5.41) is 0. The topological polar surface area (TPSA) is 89.4 Å². The number of amides is 2. The summed E-state index contributed by atoms with van der Waals surface area (Å²) in [6.07, 6.45) is 7.91. The molecule has 2 amide bonds. The average Bonchev–Trinajstić information content (AvgIpc) is 2.69. The molecule has 1 aliphatic heterocycles. The normalized spacial score (nSPS) is 28.9. The summed E-state index contributed by atoms with van der Waals surface area (Å²) in [6.45, 7) is 1.22. The highest BCUT2D eigenvalue weighted by atomic mass is 16.2. The van der Waals surface area contributed by atoms with Crippen LogP contribution in [0.1, 0.15) is 51.4 Å². The van der Waals surface area contributed by atoms with Crippen molar-refractivity contribution in [2.24, 2.45) is 23.3 Å². The summed E-state index contributed by atoms with van der Waals surface area (Å²) >= 11 is 0. The van der Waals surface area contributed by atoms with Crippen molar-refractivity contribution in [3.05, 3.63) is 0 Å². The predicted molar refractivity (Wildman–Crippen MR) is 77.7 cm³/mol. The Hall–Kier alpha value is -1.10. The zero-order valence-electron chi connectivity index (χ0n) is 12.2. The van der Waals surface area contributed by atoms with Crippen molar-refractivity contribution in [2.75, 3.05) is 13.1 Å². The zero-order valence-corrected chi connectivity index (χ0v) is 12.2. The highest BCUT2D eigenvalue weighted by molar-refractivity contribution is 5.87. The van der Waals surface area contributed by atoms with E-state index < -0.39 is 6.04 Å². The third-order valence-corrected chi connectivity index (χ3v) is 4.84. The minimum Gasteiger partial charge on any atom is -0.368 e. The van der Waals surface area contributed by atoms with Crippen LogP contribution in [0.2, 0.25) is 0 Å². The maximum absolute atomic E-state index is 12.7. The van der Waals surface area contributed by atoms with Gasteiger partial charge < -0.3 is 16.4 Å². The molecule has 1 saturated carbocycles. The van der Waals surface area contributed by atoms with Gasteiger partial charge in [0.05, 0.1) is 0 Å². The molecule has 0 spiro atoms. The number of rotatable bonds is 3. The first-order valence-corrected chi connectivity index (χ1v) is 7.93. The van der Waals surface area contributed by atoms with Crippen molar-refractivity contribution in [2.45, 2.75) is 57.4 Å². The minimum atomic E-state index is -0.458. The number of carbonyl (C=O) groups is 2. The Bertz CT molecular complexity index is 353. The Morgan fingerprint density at radius 1 is 1.05 bits per heavy atom. The quantitative estimate of drug-likeness (QED) is 0.809. The van der Waals surface area contributed by atoms with Crippen molar-refractivity contribution in [1.82, 2.24) is 4.90 Å². The Balaban J connectivity index is 2.09. The van der Waals surface area contributed by atoms with Gasteiger partial charge in [-0.25, -0.2) is 0 Å². The fourth-order valence-corrected chi connectivity index (χ4v) is 3.60. The van der Waals surface area contributed by atoms with Gasteiger partial charge in [0.1, 0.15) is 6.04 Å². The van der Waals surface area contributed by atoms with Crippen LogP contribution >= 0.6 is 0 Å².